The molecule has 5 heteroatoms. The standard InChI is InChI=1S/C39H79N3O2/c1-4-6-8-10-12-14-16-18-20-21-23-25-27-29-31-33-38(43)42-37(34-36-40-3)39(44)41-35-32-30-28-26-24-22-19-17-15-13-11-9-7-5-2/h18,20,37,39-41,44H,4-17,19,21-36H2,1-3H3,(H,42,43). The van der Waals surface area contributed by atoms with Crippen LogP contribution in [0, 0.1) is 0 Å². The second kappa shape index (κ2) is 36.6. The van der Waals surface area contributed by atoms with Crippen LogP contribution in [0.25, 0.3) is 0 Å². The Balaban J connectivity index is 3.76. The van der Waals surface area contributed by atoms with Gasteiger partial charge in [-0.3, -0.25) is 10.1 Å². The summed E-state index contributed by atoms with van der Waals surface area (Å²) < 4.78 is 0. The van der Waals surface area contributed by atoms with E-state index in [9.17, 15) is 9.90 Å². The molecule has 2 unspecified atom stereocenters. The number of aliphatic hydroxyl groups excluding tert-OH is 1. The van der Waals surface area contributed by atoms with Crippen molar-refractivity contribution in [2.75, 3.05) is 20.1 Å². The van der Waals surface area contributed by atoms with E-state index in [2.05, 4.69) is 41.9 Å². The lowest BCUT2D eigenvalue weighted by atomic mass is 10.0. The van der Waals surface area contributed by atoms with Gasteiger partial charge in [0.25, 0.3) is 0 Å². The molecule has 0 bridgehead atoms. The summed E-state index contributed by atoms with van der Waals surface area (Å²) in [6.45, 7) is 6.13. The molecule has 0 aromatic heterocycles. The number of nitrogens with one attached hydrogen (secondary N) is 3. The van der Waals surface area contributed by atoms with E-state index in [0.29, 0.717) is 6.42 Å². The van der Waals surface area contributed by atoms with E-state index in [0.717, 1.165) is 38.8 Å². The third-order valence-corrected chi connectivity index (χ3v) is 8.98. The number of carbonyl (C=O) groups excluding carboxylic acids is 1. The van der Waals surface area contributed by atoms with Crippen molar-refractivity contribution in [2.45, 2.75) is 212 Å². The van der Waals surface area contributed by atoms with Gasteiger partial charge in [-0.05, 0) is 65.1 Å². The van der Waals surface area contributed by atoms with Crippen LogP contribution >= 0.6 is 0 Å². The lowest BCUT2D eigenvalue weighted by Crippen LogP contribution is -2.51. The molecule has 1 amide bonds. The second-order valence-electron chi connectivity index (χ2n) is 13.4. The minimum absolute atomic E-state index is 0.0704. The monoisotopic (exact) mass is 622 g/mol. The van der Waals surface area contributed by atoms with Crippen molar-refractivity contribution in [3.05, 3.63) is 12.2 Å². The van der Waals surface area contributed by atoms with Gasteiger partial charge in [-0.15, -0.1) is 0 Å². The summed E-state index contributed by atoms with van der Waals surface area (Å²) in [4.78, 5) is 12.6. The van der Waals surface area contributed by atoms with Crippen molar-refractivity contribution in [3.63, 3.8) is 0 Å². The molecule has 0 saturated heterocycles. The Labute approximate surface area is 276 Å². The molecule has 0 aliphatic carbocycles. The minimum Gasteiger partial charge on any atom is -0.376 e. The average molecular weight is 622 g/mol. The summed E-state index contributed by atoms with van der Waals surface area (Å²) in [5.74, 6) is 0.0704. The molecule has 0 radical (unpaired) electrons. The fourth-order valence-corrected chi connectivity index (χ4v) is 5.96. The van der Waals surface area contributed by atoms with Gasteiger partial charge in [0, 0.05) is 6.42 Å². The lowest BCUT2D eigenvalue weighted by Gasteiger charge is -2.25. The first-order valence-corrected chi connectivity index (χ1v) is 19.7. The van der Waals surface area contributed by atoms with E-state index in [1.165, 1.54) is 154 Å². The molecule has 0 spiro atoms. The number of carbonyl (C=O) groups is 1. The van der Waals surface area contributed by atoms with E-state index in [-0.39, 0.29) is 11.9 Å². The van der Waals surface area contributed by atoms with Crippen molar-refractivity contribution >= 4 is 5.91 Å². The molecule has 0 heterocycles. The number of allylic oxidation sites excluding steroid dienone is 2. The predicted octanol–water partition coefficient (Wildman–Crippen LogP) is 10.5. The Morgan fingerprint density at radius 1 is 0.568 bits per heavy atom. The highest BCUT2D eigenvalue weighted by atomic mass is 16.3. The van der Waals surface area contributed by atoms with Crippen LogP contribution in [0.15, 0.2) is 12.2 Å². The van der Waals surface area contributed by atoms with Crippen LogP contribution < -0.4 is 16.0 Å². The molecule has 0 saturated carbocycles. The molecule has 0 aromatic carbocycles. The van der Waals surface area contributed by atoms with E-state index in [1.54, 1.807) is 0 Å². The Kier molecular flexibility index (Phi) is 35.8. The predicted molar refractivity (Wildman–Crippen MR) is 194 cm³/mol. The van der Waals surface area contributed by atoms with Crippen LogP contribution in [0.1, 0.15) is 200 Å². The van der Waals surface area contributed by atoms with Gasteiger partial charge in [-0.2, -0.15) is 0 Å². The van der Waals surface area contributed by atoms with Crippen molar-refractivity contribution in [1.82, 2.24) is 16.0 Å². The Morgan fingerprint density at radius 2 is 0.977 bits per heavy atom. The first-order valence-electron chi connectivity index (χ1n) is 19.7. The summed E-state index contributed by atoms with van der Waals surface area (Å²) >= 11 is 0. The average Bonchev–Trinajstić information content (AvgIpc) is 3.02. The summed E-state index contributed by atoms with van der Waals surface area (Å²) in [5, 5.41) is 20.3. The fraction of sp³-hybridized carbons (Fsp3) is 0.923. The van der Waals surface area contributed by atoms with Gasteiger partial charge < -0.3 is 15.7 Å². The molecular weight excluding hydrogens is 542 g/mol. The van der Waals surface area contributed by atoms with Crippen LogP contribution in [0.5, 0.6) is 0 Å². The van der Waals surface area contributed by atoms with Crippen LogP contribution in [0.3, 0.4) is 0 Å². The Morgan fingerprint density at radius 3 is 1.43 bits per heavy atom. The summed E-state index contributed by atoms with van der Waals surface area (Å²) in [6.07, 6.45) is 40.6. The largest absolute Gasteiger partial charge is 0.376 e. The third-order valence-electron chi connectivity index (χ3n) is 8.98. The van der Waals surface area contributed by atoms with Gasteiger partial charge in [0.05, 0.1) is 6.04 Å². The number of amides is 1. The second-order valence-corrected chi connectivity index (χ2v) is 13.4. The van der Waals surface area contributed by atoms with E-state index in [1.807, 2.05) is 7.05 Å². The smallest absolute Gasteiger partial charge is 0.220 e. The highest BCUT2D eigenvalue weighted by Gasteiger charge is 2.20. The van der Waals surface area contributed by atoms with Crippen LogP contribution in [-0.2, 0) is 4.79 Å². The number of aliphatic hydroxyl groups is 1. The summed E-state index contributed by atoms with van der Waals surface area (Å²) in [6, 6.07) is -0.246. The quantitative estimate of drug-likeness (QED) is 0.0319. The highest BCUT2D eigenvalue weighted by molar-refractivity contribution is 5.76. The van der Waals surface area contributed by atoms with Crippen LogP contribution in [0.2, 0.25) is 0 Å². The van der Waals surface area contributed by atoms with Crippen LogP contribution in [0.4, 0.5) is 0 Å². The number of rotatable bonds is 36. The maximum atomic E-state index is 12.6. The third kappa shape index (κ3) is 32.5. The maximum Gasteiger partial charge on any atom is 0.220 e. The Hall–Kier alpha value is -0.910. The molecule has 0 aliphatic rings. The first kappa shape index (κ1) is 43.1. The minimum atomic E-state index is -0.691. The van der Waals surface area contributed by atoms with E-state index in [4.69, 9.17) is 0 Å². The molecule has 44 heavy (non-hydrogen) atoms. The Bertz CT molecular complexity index is 598. The molecule has 4 N–H and O–H groups in total. The number of unbranched alkanes of at least 4 members (excludes halogenated alkanes) is 24. The topological polar surface area (TPSA) is 73.4 Å². The molecular formula is C39H79N3O2. The van der Waals surface area contributed by atoms with Gasteiger partial charge in [0.15, 0.2) is 0 Å². The van der Waals surface area contributed by atoms with Gasteiger partial charge >= 0.3 is 0 Å². The molecule has 0 rings (SSSR count). The van der Waals surface area contributed by atoms with Gasteiger partial charge in [-0.1, -0.05) is 161 Å². The molecule has 0 fully saturated rings. The summed E-state index contributed by atoms with van der Waals surface area (Å²) in [7, 11) is 1.92. The zero-order valence-corrected chi connectivity index (χ0v) is 30.1. The summed E-state index contributed by atoms with van der Waals surface area (Å²) in [5.41, 5.74) is 0. The number of hydrogen-bond donors (Lipinski definition) is 4. The van der Waals surface area contributed by atoms with Gasteiger partial charge in [0.1, 0.15) is 6.23 Å². The van der Waals surface area contributed by atoms with Crippen molar-refractivity contribution in [2.24, 2.45) is 0 Å². The molecule has 2 atom stereocenters. The van der Waals surface area contributed by atoms with Crippen molar-refractivity contribution < 1.29 is 9.90 Å². The molecule has 0 aromatic rings. The fourth-order valence-electron chi connectivity index (χ4n) is 5.96. The van der Waals surface area contributed by atoms with Crippen LogP contribution in [-0.4, -0.2) is 43.4 Å². The first-order chi connectivity index (χ1) is 21.7. The highest BCUT2D eigenvalue weighted by Crippen LogP contribution is 2.13. The van der Waals surface area contributed by atoms with E-state index < -0.39 is 6.23 Å². The lowest BCUT2D eigenvalue weighted by molar-refractivity contribution is -0.123. The molecule has 5 nitrogen and oxygen atoms in total. The van der Waals surface area contributed by atoms with Crippen molar-refractivity contribution in [1.29, 1.82) is 0 Å². The number of hydrogen-bond acceptors (Lipinski definition) is 4. The van der Waals surface area contributed by atoms with Gasteiger partial charge in [0.2, 0.25) is 5.91 Å². The maximum absolute atomic E-state index is 12.6. The normalized spacial score (nSPS) is 13.1. The SMILES string of the molecule is CCCCCCCCC=CCCCCCCCC(=O)NC(CCNC)C(O)NCCCCCCCCCCCCCCCC. The van der Waals surface area contributed by atoms with E-state index >= 15 is 0 Å². The van der Waals surface area contributed by atoms with Gasteiger partial charge in [-0.25, -0.2) is 0 Å². The zero-order valence-electron chi connectivity index (χ0n) is 30.1. The van der Waals surface area contributed by atoms with Crippen molar-refractivity contribution in [3.8, 4) is 0 Å². The zero-order chi connectivity index (χ0) is 32.2. The molecule has 0 aliphatic heterocycles. The molecule has 262 valence electrons.